The SMILES string of the molecule is N#Cc1cccc(/C=C2\CSc3c(F)cccc3C2=O)c1. The third-order valence-corrected chi connectivity index (χ3v) is 4.39. The standard InChI is InChI=1S/C17H10FNOS/c18-15-6-2-5-14-16(20)13(10-21-17(14)15)8-11-3-1-4-12(7-11)9-19/h1-8H,10H2/b13-8+. The molecule has 0 radical (unpaired) electrons. The number of carbonyl (C=O) groups is 1. The minimum atomic E-state index is -0.351. The Morgan fingerprint density at radius 3 is 2.86 bits per heavy atom. The van der Waals surface area contributed by atoms with Gasteiger partial charge in [0.05, 0.1) is 16.5 Å². The van der Waals surface area contributed by atoms with Crippen molar-refractivity contribution in [1.29, 1.82) is 5.26 Å². The summed E-state index contributed by atoms with van der Waals surface area (Å²) in [6.45, 7) is 0. The second kappa shape index (κ2) is 5.55. The Kier molecular flexibility index (Phi) is 3.59. The number of hydrogen-bond donors (Lipinski definition) is 0. The number of rotatable bonds is 1. The van der Waals surface area contributed by atoms with Gasteiger partial charge in [-0.05, 0) is 35.9 Å². The molecule has 3 rings (SSSR count). The highest BCUT2D eigenvalue weighted by Gasteiger charge is 2.24. The maximum absolute atomic E-state index is 13.7. The topological polar surface area (TPSA) is 40.9 Å². The van der Waals surface area contributed by atoms with Gasteiger partial charge < -0.3 is 0 Å². The number of hydrogen-bond acceptors (Lipinski definition) is 3. The molecule has 0 N–H and O–H groups in total. The van der Waals surface area contributed by atoms with Crippen molar-refractivity contribution in [3.8, 4) is 6.07 Å². The lowest BCUT2D eigenvalue weighted by Gasteiger charge is -2.17. The summed E-state index contributed by atoms with van der Waals surface area (Å²) in [6.07, 6.45) is 1.77. The molecule has 2 aromatic rings. The van der Waals surface area contributed by atoms with Crippen molar-refractivity contribution in [1.82, 2.24) is 0 Å². The molecule has 2 aromatic carbocycles. The zero-order chi connectivity index (χ0) is 14.8. The van der Waals surface area contributed by atoms with Gasteiger partial charge in [-0.2, -0.15) is 5.26 Å². The zero-order valence-corrected chi connectivity index (χ0v) is 11.8. The molecular weight excluding hydrogens is 285 g/mol. The number of carbonyl (C=O) groups excluding carboxylic acids is 1. The molecule has 0 unspecified atom stereocenters. The predicted molar refractivity (Wildman–Crippen MR) is 80.6 cm³/mol. The van der Waals surface area contributed by atoms with E-state index >= 15 is 0 Å². The summed E-state index contributed by atoms with van der Waals surface area (Å²) in [5, 5.41) is 8.90. The normalized spacial score (nSPS) is 15.6. The predicted octanol–water partition coefficient (Wildman–Crippen LogP) is 4.07. The van der Waals surface area contributed by atoms with E-state index in [1.165, 1.54) is 17.8 Å². The Labute approximate surface area is 125 Å². The average molecular weight is 295 g/mol. The molecule has 4 heteroatoms. The molecule has 21 heavy (non-hydrogen) atoms. The molecule has 0 bridgehead atoms. The summed E-state index contributed by atoms with van der Waals surface area (Å²) in [5.74, 6) is -0.0641. The largest absolute Gasteiger partial charge is 0.289 e. The molecule has 0 spiro atoms. The van der Waals surface area contributed by atoms with E-state index in [1.54, 1.807) is 36.4 Å². The van der Waals surface area contributed by atoms with Crippen LogP contribution in [0.25, 0.3) is 6.08 Å². The molecule has 1 aliphatic heterocycles. The van der Waals surface area contributed by atoms with E-state index < -0.39 is 0 Å². The van der Waals surface area contributed by atoms with Gasteiger partial charge in [0, 0.05) is 16.9 Å². The van der Waals surface area contributed by atoms with Gasteiger partial charge in [0.2, 0.25) is 0 Å². The van der Waals surface area contributed by atoms with Gasteiger partial charge in [-0.3, -0.25) is 4.79 Å². The van der Waals surface area contributed by atoms with Crippen LogP contribution in [-0.4, -0.2) is 11.5 Å². The second-order valence-corrected chi connectivity index (χ2v) is 5.63. The highest BCUT2D eigenvalue weighted by Crippen LogP contribution is 2.35. The van der Waals surface area contributed by atoms with E-state index in [4.69, 9.17) is 5.26 Å². The Morgan fingerprint density at radius 2 is 2.05 bits per heavy atom. The van der Waals surface area contributed by atoms with Crippen molar-refractivity contribution < 1.29 is 9.18 Å². The molecule has 0 saturated heterocycles. The van der Waals surface area contributed by atoms with E-state index in [0.717, 1.165) is 5.56 Å². The quantitative estimate of drug-likeness (QED) is 0.745. The first kappa shape index (κ1) is 13.6. The summed E-state index contributed by atoms with van der Waals surface area (Å²) in [5.41, 5.74) is 2.38. The lowest BCUT2D eigenvalue weighted by molar-refractivity contribution is 0.103. The van der Waals surface area contributed by atoms with Crippen LogP contribution in [0.5, 0.6) is 0 Å². The highest BCUT2D eigenvalue weighted by atomic mass is 32.2. The molecule has 0 fully saturated rings. The van der Waals surface area contributed by atoms with Gasteiger partial charge in [0.15, 0.2) is 5.78 Å². The monoisotopic (exact) mass is 295 g/mol. The Morgan fingerprint density at radius 1 is 1.24 bits per heavy atom. The average Bonchev–Trinajstić information content (AvgIpc) is 2.51. The minimum Gasteiger partial charge on any atom is -0.289 e. The molecule has 0 saturated carbocycles. The van der Waals surface area contributed by atoms with Crippen LogP contribution in [0.2, 0.25) is 0 Å². The first-order chi connectivity index (χ1) is 10.2. The number of halogens is 1. The molecule has 102 valence electrons. The Bertz CT molecular complexity index is 805. The van der Waals surface area contributed by atoms with Crippen molar-refractivity contribution in [3.05, 3.63) is 70.5 Å². The summed E-state index contributed by atoms with van der Waals surface area (Å²) in [7, 11) is 0. The van der Waals surface area contributed by atoms with E-state index in [-0.39, 0.29) is 11.6 Å². The van der Waals surface area contributed by atoms with Gasteiger partial charge in [0.1, 0.15) is 5.82 Å². The second-order valence-electron chi connectivity index (χ2n) is 4.64. The number of nitrogens with zero attached hydrogens (tertiary/aromatic N) is 1. The van der Waals surface area contributed by atoms with Gasteiger partial charge >= 0.3 is 0 Å². The molecule has 1 heterocycles. The van der Waals surface area contributed by atoms with Crippen LogP contribution in [-0.2, 0) is 0 Å². The molecule has 0 atom stereocenters. The Balaban J connectivity index is 2.00. The lowest BCUT2D eigenvalue weighted by atomic mass is 10.0. The molecule has 1 aliphatic rings. The van der Waals surface area contributed by atoms with Gasteiger partial charge in [-0.25, -0.2) is 4.39 Å². The minimum absolute atomic E-state index is 0.148. The fraction of sp³-hybridized carbons (Fsp3) is 0.0588. The van der Waals surface area contributed by atoms with E-state index in [2.05, 4.69) is 6.07 Å². The smallest absolute Gasteiger partial charge is 0.191 e. The van der Waals surface area contributed by atoms with Crippen molar-refractivity contribution in [2.45, 2.75) is 4.90 Å². The van der Waals surface area contributed by atoms with Crippen LogP contribution in [0.3, 0.4) is 0 Å². The van der Waals surface area contributed by atoms with Gasteiger partial charge in [-0.1, -0.05) is 18.2 Å². The molecular formula is C17H10FNOS. The number of benzene rings is 2. The molecule has 0 amide bonds. The Hall–Kier alpha value is -2.38. The van der Waals surface area contributed by atoms with Crippen molar-refractivity contribution >= 4 is 23.6 Å². The van der Waals surface area contributed by atoms with Gasteiger partial charge in [-0.15, -0.1) is 11.8 Å². The van der Waals surface area contributed by atoms with Crippen LogP contribution >= 0.6 is 11.8 Å². The number of nitriles is 1. The van der Waals surface area contributed by atoms with E-state index in [0.29, 0.717) is 27.3 Å². The number of Topliss-reactive ketones (excluding diaryl/α,β-unsaturated/α-hetero) is 1. The van der Waals surface area contributed by atoms with Crippen LogP contribution in [0.1, 0.15) is 21.5 Å². The number of ketones is 1. The first-order valence-electron chi connectivity index (χ1n) is 6.36. The van der Waals surface area contributed by atoms with Crippen LogP contribution < -0.4 is 0 Å². The fourth-order valence-corrected chi connectivity index (χ4v) is 3.27. The maximum Gasteiger partial charge on any atom is 0.191 e. The van der Waals surface area contributed by atoms with Crippen molar-refractivity contribution in [2.24, 2.45) is 0 Å². The van der Waals surface area contributed by atoms with Gasteiger partial charge in [0.25, 0.3) is 0 Å². The highest BCUT2D eigenvalue weighted by molar-refractivity contribution is 7.99. The van der Waals surface area contributed by atoms with Crippen molar-refractivity contribution in [3.63, 3.8) is 0 Å². The third-order valence-electron chi connectivity index (χ3n) is 3.23. The molecule has 0 aliphatic carbocycles. The lowest BCUT2D eigenvalue weighted by Crippen LogP contribution is -2.13. The fourth-order valence-electron chi connectivity index (χ4n) is 2.23. The van der Waals surface area contributed by atoms with Crippen LogP contribution in [0.15, 0.2) is 52.9 Å². The van der Waals surface area contributed by atoms with E-state index in [1.807, 2.05) is 6.07 Å². The van der Waals surface area contributed by atoms with Crippen molar-refractivity contribution in [2.75, 3.05) is 5.75 Å². The summed E-state index contributed by atoms with van der Waals surface area (Å²) >= 11 is 1.33. The number of fused-ring (bicyclic) bond motifs is 1. The van der Waals surface area contributed by atoms with Crippen LogP contribution in [0.4, 0.5) is 4.39 Å². The third kappa shape index (κ3) is 2.61. The number of thioether (sulfide) groups is 1. The maximum atomic E-state index is 13.7. The zero-order valence-electron chi connectivity index (χ0n) is 11.0. The summed E-state index contributed by atoms with van der Waals surface area (Å²) in [6, 6.07) is 13.7. The molecule has 0 aromatic heterocycles. The summed E-state index contributed by atoms with van der Waals surface area (Å²) in [4.78, 5) is 12.8. The first-order valence-corrected chi connectivity index (χ1v) is 7.34. The summed E-state index contributed by atoms with van der Waals surface area (Å²) < 4.78 is 13.7. The molecule has 2 nitrogen and oxygen atoms in total. The van der Waals surface area contributed by atoms with Crippen LogP contribution in [0, 0.1) is 17.1 Å². The van der Waals surface area contributed by atoms with E-state index in [9.17, 15) is 9.18 Å².